The van der Waals surface area contributed by atoms with Crippen molar-refractivity contribution >= 4 is 11.8 Å². The molecule has 0 saturated carbocycles. The Labute approximate surface area is 193 Å². The van der Waals surface area contributed by atoms with Gasteiger partial charge in [-0.3, -0.25) is 19.7 Å². The van der Waals surface area contributed by atoms with E-state index in [-0.39, 0.29) is 11.8 Å². The normalized spacial score (nSPS) is 18.5. The maximum atomic E-state index is 12.8. The average molecular weight is 454 g/mol. The van der Waals surface area contributed by atoms with Crippen molar-refractivity contribution in [3.63, 3.8) is 0 Å². The largest absolute Gasteiger partial charge is 0.381 e. The van der Waals surface area contributed by atoms with Gasteiger partial charge in [0.05, 0.1) is 13.2 Å². The number of hydrogen-bond acceptors (Lipinski definition) is 6. The van der Waals surface area contributed by atoms with Gasteiger partial charge in [-0.1, -0.05) is 36.4 Å². The minimum Gasteiger partial charge on any atom is -0.381 e. The van der Waals surface area contributed by atoms with E-state index < -0.39 is 11.9 Å². The SMILES string of the molecule is O=C(NC(C(=O)NO)C1CCOCC1)c1ccc(-c2ccc(CN3CCOCC3)cc2)cc1. The van der Waals surface area contributed by atoms with Crippen molar-refractivity contribution in [2.45, 2.75) is 25.4 Å². The fraction of sp³-hybridized carbons (Fsp3) is 0.440. The molecule has 1 unspecified atom stereocenters. The van der Waals surface area contributed by atoms with Crippen molar-refractivity contribution in [3.8, 4) is 11.1 Å². The van der Waals surface area contributed by atoms with Crippen LogP contribution in [0, 0.1) is 5.92 Å². The summed E-state index contributed by atoms with van der Waals surface area (Å²) in [5, 5.41) is 11.9. The zero-order valence-electron chi connectivity index (χ0n) is 18.7. The van der Waals surface area contributed by atoms with Crippen molar-refractivity contribution in [1.82, 2.24) is 15.7 Å². The fourth-order valence-corrected chi connectivity index (χ4v) is 4.37. The van der Waals surface area contributed by atoms with Crippen LogP contribution in [0.25, 0.3) is 11.1 Å². The van der Waals surface area contributed by atoms with Gasteiger partial charge in [0.25, 0.3) is 11.8 Å². The average Bonchev–Trinajstić information content (AvgIpc) is 2.88. The molecule has 2 aromatic rings. The number of rotatable bonds is 7. The van der Waals surface area contributed by atoms with Gasteiger partial charge in [0.2, 0.25) is 0 Å². The molecule has 8 heteroatoms. The first-order valence-corrected chi connectivity index (χ1v) is 11.5. The third-order valence-corrected chi connectivity index (χ3v) is 6.36. The second-order valence-electron chi connectivity index (χ2n) is 8.54. The van der Waals surface area contributed by atoms with Crippen LogP contribution in [0.2, 0.25) is 0 Å². The van der Waals surface area contributed by atoms with E-state index in [1.807, 2.05) is 12.1 Å². The van der Waals surface area contributed by atoms with Crippen molar-refractivity contribution in [3.05, 3.63) is 59.7 Å². The Morgan fingerprint density at radius 1 is 0.909 bits per heavy atom. The Morgan fingerprint density at radius 3 is 2.09 bits per heavy atom. The smallest absolute Gasteiger partial charge is 0.266 e. The van der Waals surface area contributed by atoms with Crippen LogP contribution in [-0.2, 0) is 20.8 Å². The van der Waals surface area contributed by atoms with E-state index in [0.717, 1.165) is 44.0 Å². The first kappa shape index (κ1) is 23.4. The summed E-state index contributed by atoms with van der Waals surface area (Å²) in [6.07, 6.45) is 1.30. The summed E-state index contributed by atoms with van der Waals surface area (Å²) >= 11 is 0. The number of amides is 2. The number of nitrogens with zero attached hydrogens (tertiary/aromatic N) is 1. The highest BCUT2D eigenvalue weighted by Crippen LogP contribution is 2.22. The lowest BCUT2D eigenvalue weighted by Gasteiger charge is -2.29. The summed E-state index contributed by atoms with van der Waals surface area (Å²) in [5.41, 5.74) is 5.49. The molecular formula is C25H31N3O5. The maximum absolute atomic E-state index is 12.8. The Morgan fingerprint density at radius 2 is 1.48 bits per heavy atom. The molecular weight excluding hydrogens is 422 g/mol. The molecule has 2 heterocycles. The molecule has 0 bridgehead atoms. The molecule has 0 aromatic heterocycles. The number of benzene rings is 2. The number of hydroxylamine groups is 1. The van der Waals surface area contributed by atoms with Crippen LogP contribution >= 0.6 is 0 Å². The van der Waals surface area contributed by atoms with Crippen molar-refractivity contribution in [2.24, 2.45) is 5.92 Å². The van der Waals surface area contributed by atoms with Crippen LogP contribution in [0.4, 0.5) is 0 Å². The van der Waals surface area contributed by atoms with Gasteiger partial charge in [-0.2, -0.15) is 0 Å². The second-order valence-corrected chi connectivity index (χ2v) is 8.54. The van der Waals surface area contributed by atoms with Crippen LogP contribution in [0.1, 0.15) is 28.8 Å². The molecule has 2 fully saturated rings. The van der Waals surface area contributed by atoms with Gasteiger partial charge in [0, 0.05) is 38.4 Å². The van der Waals surface area contributed by atoms with E-state index in [2.05, 4.69) is 34.5 Å². The summed E-state index contributed by atoms with van der Waals surface area (Å²) in [5.74, 6) is -1.03. The van der Waals surface area contributed by atoms with E-state index in [9.17, 15) is 9.59 Å². The molecule has 1 atom stereocenters. The van der Waals surface area contributed by atoms with E-state index in [1.165, 1.54) is 5.56 Å². The quantitative estimate of drug-likeness (QED) is 0.439. The van der Waals surface area contributed by atoms with E-state index in [1.54, 1.807) is 17.6 Å². The van der Waals surface area contributed by atoms with E-state index >= 15 is 0 Å². The molecule has 176 valence electrons. The molecule has 2 amide bonds. The number of nitrogens with one attached hydrogen (secondary N) is 2. The highest BCUT2D eigenvalue weighted by Gasteiger charge is 2.31. The van der Waals surface area contributed by atoms with Gasteiger partial charge in [-0.05, 0) is 47.6 Å². The topological polar surface area (TPSA) is 100 Å². The molecule has 0 spiro atoms. The van der Waals surface area contributed by atoms with Gasteiger partial charge in [0.1, 0.15) is 6.04 Å². The molecule has 8 nitrogen and oxygen atoms in total. The molecule has 2 aromatic carbocycles. The summed E-state index contributed by atoms with van der Waals surface area (Å²) in [6, 6.07) is 15.0. The predicted octanol–water partition coefficient (Wildman–Crippen LogP) is 2.22. The minimum atomic E-state index is -0.801. The van der Waals surface area contributed by atoms with Crippen LogP contribution < -0.4 is 10.8 Å². The third kappa shape index (κ3) is 6.17. The molecule has 33 heavy (non-hydrogen) atoms. The molecule has 4 rings (SSSR count). The zero-order chi connectivity index (χ0) is 23.0. The second kappa shape index (κ2) is 11.4. The first-order chi connectivity index (χ1) is 16.1. The van der Waals surface area contributed by atoms with Gasteiger partial charge in [-0.15, -0.1) is 0 Å². The standard InChI is InChI=1S/C25H31N3O5/c29-24(26-23(25(30)27-31)21-9-13-32-14-10-21)22-7-5-20(6-8-22)19-3-1-18(2-4-19)17-28-11-15-33-16-12-28/h1-8,21,23,31H,9-17H2,(H,26,29)(H,27,30). The number of carbonyl (C=O) groups excluding carboxylic acids is 2. The van der Waals surface area contributed by atoms with Crippen LogP contribution in [0.3, 0.4) is 0 Å². The van der Waals surface area contributed by atoms with Crippen molar-refractivity contribution in [2.75, 3.05) is 39.5 Å². The maximum Gasteiger partial charge on any atom is 0.266 e. The van der Waals surface area contributed by atoms with E-state index in [0.29, 0.717) is 31.6 Å². The van der Waals surface area contributed by atoms with Crippen LogP contribution in [0.15, 0.2) is 48.5 Å². The minimum absolute atomic E-state index is 0.0786. The number of ether oxygens (including phenoxy) is 2. The predicted molar refractivity (Wildman–Crippen MR) is 123 cm³/mol. The Bertz CT molecular complexity index is 920. The highest BCUT2D eigenvalue weighted by atomic mass is 16.5. The Balaban J connectivity index is 1.38. The van der Waals surface area contributed by atoms with Gasteiger partial charge in [-0.25, -0.2) is 5.48 Å². The Kier molecular flexibility index (Phi) is 8.06. The molecule has 2 saturated heterocycles. The summed E-state index contributed by atoms with van der Waals surface area (Å²) < 4.78 is 10.7. The molecule has 3 N–H and O–H groups in total. The lowest BCUT2D eigenvalue weighted by molar-refractivity contribution is -0.133. The number of carbonyl (C=O) groups is 2. The summed E-state index contributed by atoms with van der Waals surface area (Å²) in [4.78, 5) is 27.3. The molecule has 2 aliphatic rings. The van der Waals surface area contributed by atoms with E-state index in [4.69, 9.17) is 14.7 Å². The molecule has 0 aliphatic carbocycles. The molecule has 2 aliphatic heterocycles. The summed E-state index contributed by atoms with van der Waals surface area (Å²) in [7, 11) is 0. The third-order valence-electron chi connectivity index (χ3n) is 6.36. The lowest BCUT2D eigenvalue weighted by Crippen LogP contribution is -2.51. The fourth-order valence-electron chi connectivity index (χ4n) is 4.37. The number of morpholine rings is 1. The zero-order valence-corrected chi connectivity index (χ0v) is 18.7. The van der Waals surface area contributed by atoms with Crippen molar-refractivity contribution in [1.29, 1.82) is 0 Å². The van der Waals surface area contributed by atoms with Crippen LogP contribution in [0.5, 0.6) is 0 Å². The summed E-state index contributed by atoms with van der Waals surface area (Å²) in [6.45, 7) is 5.49. The highest BCUT2D eigenvalue weighted by molar-refractivity contribution is 5.97. The monoisotopic (exact) mass is 453 g/mol. The van der Waals surface area contributed by atoms with Gasteiger partial charge < -0.3 is 14.8 Å². The van der Waals surface area contributed by atoms with Gasteiger partial charge >= 0.3 is 0 Å². The van der Waals surface area contributed by atoms with Crippen molar-refractivity contribution < 1.29 is 24.3 Å². The van der Waals surface area contributed by atoms with Gasteiger partial charge in [0.15, 0.2) is 0 Å². The van der Waals surface area contributed by atoms with Crippen LogP contribution in [-0.4, -0.2) is 67.5 Å². The number of hydrogen-bond donors (Lipinski definition) is 3. The molecule has 0 radical (unpaired) electrons. The Hall–Kier alpha value is -2.78. The first-order valence-electron chi connectivity index (χ1n) is 11.5. The lowest BCUT2D eigenvalue weighted by atomic mass is 9.91.